The van der Waals surface area contributed by atoms with Gasteiger partial charge in [-0.3, -0.25) is 11.3 Å². The zero-order valence-corrected chi connectivity index (χ0v) is 7.99. The Hall–Kier alpha value is -0.290. The highest BCUT2D eigenvalue weighted by Gasteiger charge is 2.33. The zero-order chi connectivity index (χ0) is 10.5. The molecule has 0 aromatic heterocycles. The molecule has 13 heavy (non-hydrogen) atoms. The monoisotopic (exact) mass is 198 g/mol. The third kappa shape index (κ3) is 5.10. The fourth-order valence-electron chi connectivity index (χ4n) is 1.47. The molecule has 0 aliphatic rings. The molecule has 0 rings (SSSR count). The van der Waals surface area contributed by atoms with Gasteiger partial charge in [0.2, 0.25) is 0 Å². The smallest absolute Gasteiger partial charge is 0.271 e. The maximum absolute atomic E-state index is 12.0. The second-order valence-electron chi connectivity index (χ2n) is 3.17. The predicted molar refractivity (Wildman–Crippen MR) is 45.9 cm³/mol. The van der Waals surface area contributed by atoms with Crippen LogP contribution in [0.4, 0.5) is 13.2 Å². The molecule has 0 spiro atoms. The summed E-state index contributed by atoms with van der Waals surface area (Å²) in [4.78, 5) is 0. The van der Waals surface area contributed by atoms with E-state index in [9.17, 15) is 13.2 Å². The van der Waals surface area contributed by atoms with Gasteiger partial charge in [0, 0.05) is 6.04 Å². The summed E-state index contributed by atoms with van der Waals surface area (Å²) < 4.78 is 36.1. The predicted octanol–water partition coefficient (Wildman–Crippen LogP) is 2.21. The average Bonchev–Trinajstić information content (AvgIpc) is 2.02. The first kappa shape index (κ1) is 12.7. The summed E-state index contributed by atoms with van der Waals surface area (Å²) in [6.45, 7) is 3.74. The van der Waals surface area contributed by atoms with Gasteiger partial charge in [0.25, 0.3) is 0 Å². The number of hydrazine groups is 1. The summed E-state index contributed by atoms with van der Waals surface area (Å²) in [5.41, 5.74) is 2.24. The maximum atomic E-state index is 12.0. The molecule has 1 unspecified atom stereocenters. The molecular weight excluding hydrogens is 181 g/mol. The Morgan fingerprint density at radius 3 is 1.92 bits per heavy atom. The minimum absolute atomic E-state index is 0.00775. The van der Waals surface area contributed by atoms with E-state index in [4.69, 9.17) is 5.84 Å². The van der Waals surface area contributed by atoms with Gasteiger partial charge >= 0.3 is 6.18 Å². The Balaban J connectivity index is 4.15. The van der Waals surface area contributed by atoms with E-state index < -0.39 is 18.6 Å². The molecule has 0 amide bonds. The van der Waals surface area contributed by atoms with Gasteiger partial charge in [0.1, 0.15) is 0 Å². The molecule has 0 aliphatic carbocycles. The summed E-state index contributed by atoms with van der Waals surface area (Å²) in [6, 6.07) is -0.657. The lowest BCUT2D eigenvalue weighted by molar-refractivity contribution is -0.143. The maximum Gasteiger partial charge on any atom is 0.390 e. The molecule has 0 heterocycles. The third-order valence-electron chi connectivity index (χ3n) is 2.28. The van der Waals surface area contributed by atoms with Crippen molar-refractivity contribution in [2.75, 3.05) is 0 Å². The SMILES string of the molecule is CCC(CC)C(CC(F)(F)F)NN. The van der Waals surface area contributed by atoms with Gasteiger partial charge in [-0.1, -0.05) is 26.7 Å². The van der Waals surface area contributed by atoms with Gasteiger partial charge in [-0.2, -0.15) is 13.2 Å². The molecular formula is C8H17F3N2. The van der Waals surface area contributed by atoms with Crippen LogP contribution in [0.5, 0.6) is 0 Å². The van der Waals surface area contributed by atoms with Crippen molar-refractivity contribution in [2.45, 2.75) is 45.3 Å². The van der Waals surface area contributed by atoms with E-state index in [-0.39, 0.29) is 5.92 Å². The van der Waals surface area contributed by atoms with E-state index >= 15 is 0 Å². The molecule has 3 N–H and O–H groups in total. The highest BCUT2D eigenvalue weighted by molar-refractivity contribution is 4.75. The summed E-state index contributed by atoms with van der Waals surface area (Å²) in [7, 11) is 0. The van der Waals surface area contributed by atoms with Gasteiger partial charge < -0.3 is 0 Å². The van der Waals surface area contributed by atoms with Gasteiger partial charge in [-0.05, 0) is 5.92 Å². The minimum atomic E-state index is -4.14. The van der Waals surface area contributed by atoms with E-state index in [0.29, 0.717) is 12.8 Å². The molecule has 1 atom stereocenters. The van der Waals surface area contributed by atoms with E-state index in [2.05, 4.69) is 5.43 Å². The van der Waals surface area contributed by atoms with Crippen LogP contribution >= 0.6 is 0 Å². The fourth-order valence-corrected chi connectivity index (χ4v) is 1.47. The molecule has 2 nitrogen and oxygen atoms in total. The number of nitrogens with two attached hydrogens (primary N) is 1. The van der Waals surface area contributed by atoms with Crippen LogP contribution in [0.15, 0.2) is 0 Å². The lowest BCUT2D eigenvalue weighted by Gasteiger charge is -2.25. The first-order chi connectivity index (χ1) is 5.94. The largest absolute Gasteiger partial charge is 0.390 e. The van der Waals surface area contributed by atoms with E-state index in [1.165, 1.54) is 0 Å². The minimum Gasteiger partial charge on any atom is -0.271 e. The number of nitrogens with one attached hydrogen (secondary N) is 1. The lowest BCUT2D eigenvalue weighted by Crippen LogP contribution is -2.43. The molecule has 0 aromatic carbocycles. The van der Waals surface area contributed by atoms with Crippen LogP contribution in [0.3, 0.4) is 0 Å². The summed E-state index contributed by atoms with van der Waals surface area (Å²) in [5.74, 6) is 5.07. The average molecular weight is 198 g/mol. The van der Waals surface area contributed by atoms with E-state index in [1.807, 2.05) is 13.8 Å². The van der Waals surface area contributed by atoms with Crippen LogP contribution in [0.25, 0.3) is 0 Å². The first-order valence-corrected chi connectivity index (χ1v) is 4.47. The Kier molecular flexibility index (Phi) is 5.32. The number of hydrogen-bond donors (Lipinski definition) is 2. The zero-order valence-electron chi connectivity index (χ0n) is 7.99. The third-order valence-corrected chi connectivity index (χ3v) is 2.28. The van der Waals surface area contributed by atoms with Crippen molar-refractivity contribution in [3.8, 4) is 0 Å². The molecule has 0 saturated heterocycles. The van der Waals surface area contributed by atoms with Crippen molar-refractivity contribution in [3.63, 3.8) is 0 Å². The number of alkyl halides is 3. The highest BCUT2D eigenvalue weighted by Crippen LogP contribution is 2.26. The van der Waals surface area contributed by atoms with Gasteiger partial charge in [-0.15, -0.1) is 0 Å². The number of rotatable bonds is 5. The summed E-state index contributed by atoms with van der Waals surface area (Å²) >= 11 is 0. The van der Waals surface area contributed by atoms with Gasteiger partial charge in [-0.25, -0.2) is 0 Å². The Morgan fingerprint density at radius 2 is 1.69 bits per heavy atom. The second-order valence-corrected chi connectivity index (χ2v) is 3.17. The van der Waals surface area contributed by atoms with Crippen molar-refractivity contribution in [3.05, 3.63) is 0 Å². The number of halogens is 3. The van der Waals surface area contributed by atoms with Crippen molar-refractivity contribution in [1.29, 1.82) is 0 Å². The van der Waals surface area contributed by atoms with Crippen LogP contribution in [0, 0.1) is 5.92 Å². The standard InChI is InChI=1S/C8H17F3N2/c1-3-6(4-2)7(13-12)5-8(9,10)11/h6-7,13H,3-5,12H2,1-2H3. The Morgan fingerprint density at radius 1 is 1.23 bits per heavy atom. The van der Waals surface area contributed by atoms with Crippen LogP contribution in [-0.4, -0.2) is 12.2 Å². The van der Waals surface area contributed by atoms with Crippen molar-refractivity contribution in [1.82, 2.24) is 5.43 Å². The molecule has 80 valence electrons. The Labute approximate surface area is 76.7 Å². The number of hydrogen-bond acceptors (Lipinski definition) is 2. The highest BCUT2D eigenvalue weighted by atomic mass is 19.4. The van der Waals surface area contributed by atoms with Crippen molar-refractivity contribution in [2.24, 2.45) is 11.8 Å². The van der Waals surface area contributed by atoms with E-state index in [1.54, 1.807) is 0 Å². The molecule has 0 aliphatic heterocycles. The molecule has 0 bridgehead atoms. The quantitative estimate of drug-likeness (QED) is 0.525. The van der Waals surface area contributed by atoms with Crippen molar-refractivity contribution >= 4 is 0 Å². The van der Waals surface area contributed by atoms with E-state index in [0.717, 1.165) is 0 Å². The van der Waals surface area contributed by atoms with Crippen LogP contribution in [0.1, 0.15) is 33.1 Å². The van der Waals surface area contributed by atoms with Gasteiger partial charge in [0.15, 0.2) is 0 Å². The topological polar surface area (TPSA) is 38.0 Å². The summed E-state index contributed by atoms with van der Waals surface area (Å²) in [5, 5.41) is 0. The molecule has 5 heteroatoms. The molecule has 0 radical (unpaired) electrons. The normalized spacial score (nSPS) is 15.0. The molecule has 0 saturated carbocycles. The van der Waals surface area contributed by atoms with Crippen molar-refractivity contribution < 1.29 is 13.2 Å². The Bertz CT molecular complexity index is 132. The molecule has 0 fully saturated rings. The second kappa shape index (κ2) is 5.44. The summed E-state index contributed by atoms with van der Waals surface area (Å²) in [6.07, 6.45) is -3.57. The van der Waals surface area contributed by atoms with Crippen LogP contribution < -0.4 is 11.3 Å². The molecule has 0 aromatic rings. The fraction of sp³-hybridized carbons (Fsp3) is 1.00. The van der Waals surface area contributed by atoms with Gasteiger partial charge in [0.05, 0.1) is 6.42 Å². The van der Waals surface area contributed by atoms with Crippen LogP contribution in [0.2, 0.25) is 0 Å². The first-order valence-electron chi connectivity index (χ1n) is 4.47. The van der Waals surface area contributed by atoms with Crippen LogP contribution in [-0.2, 0) is 0 Å². The lowest BCUT2D eigenvalue weighted by atomic mass is 9.92.